The van der Waals surface area contributed by atoms with Crippen LogP contribution >= 0.6 is 11.6 Å². The largest absolute Gasteiger partial charge is 0.466 e. The second kappa shape index (κ2) is 22.1. The van der Waals surface area contributed by atoms with Gasteiger partial charge >= 0.3 is 29.8 Å². The summed E-state index contributed by atoms with van der Waals surface area (Å²) in [7, 11) is 0. The fourth-order valence-electron chi connectivity index (χ4n) is 7.31. The molecule has 1 aliphatic rings. The van der Waals surface area contributed by atoms with Crippen LogP contribution in [0.3, 0.4) is 0 Å². The van der Waals surface area contributed by atoms with E-state index < -0.39 is 66.7 Å². The van der Waals surface area contributed by atoms with Crippen molar-refractivity contribution in [2.24, 2.45) is 0 Å². The van der Waals surface area contributed by atoms with Gasteiger partial charge in [0.1, 0.15) is 18.0 Å². The molecule has 338 valence electrons. The molecular weight excluding hydrogens is 864 g/mol. The van der Waals surface area contributed by atoms with Gasteiger partial charge in [-0.05, 0) is 85.6 Å². The van der Waals surface area contributed by atoms with Crippen molar-refractivity contribution in [1.29, 1.82) is 0 Å². The molecule has 7 rings (SSSR count). The molecular formula is C53H47ClO12. The summed E-state index contributed by atoms with van der Waals surface area (Å²) in [5, 5.41) is 0.308. The van der Waals surface area contributed by atoms with E-state index in [0.717, 1.165) is 11.1 Å². The van der Waals surface area contributed by atoms with Crippen molar-refractivity contribution in [2.45, 2.75) is 70.4 Å². The van der Waals surface area contributed by atoms with Crippen molar-refractivity contribution in [3.63, 3.8) is 0 Å². The molecule has 0 unspecified atom stereocenters. The average Bonchev–Trinajstić information content (AvgIpc) is 3.33. The molecule has 0 aliphatic carbocycles. The van der Waals surface area contributed by atoms with Gasteiger partial charge in [0.15, 0.2) is 12.2 Å². The Labute approximate surface area is 387 Å². The molecule has 0 saturated carbocycles. The molecule has 6 aromatic carbocycles. The Hall–Kier alpha value is -7.28. The van der Waals surface area contributed by atoms with Crippen LogP contribution in [0.4, 0.5) is 0 Å². The number of hydrogen-bond acceptors (Lipinski definition) is 12. The Morgan fingerprint density at radius 1 is 0.591 bits per heavy atom. The Balaban J connectivity index is 1.38. The van der Waals surface area contributed by atoms with Crippen LogP contribution in [-0.2, 0) is 46.1 Å². The van der Waals surface area contributed by atoms with E-state index in [1.54, 1.807) is 109 Å². The average molecular weight is 911 g/mol. The van der Waals surface area contributed by atoms with Crippen LogP contribution in [0.2, 0.25) is 5.02 Å². The van der Waals surface area contributed by atoms with Crippen molar-refractivity contribution < 1.29 is 57.1 Å². The molecule has 0 N–H and O–H groups in total. The first-order valence-electron chi connectivity index (χ1n) is 21.3. The van der Waals surface area contributed by atoms with Gasteiger partial charge in [-0.15, -0.1) is 0 Å². The number of halogens is 1. The van der Waals surface area contributed by atoms with Crippen LogP contribution in [-0.4, -0.2) is 73.3 Å². The molecule has 0 bridgehead atoms. The summed E-state index contributed by atoms with van der Waals surface area (Å²) in [5.74, 6) is -3.53. The van der Waals surface area contributed by atoms with E-state index >= 15 is 0 Å². The summed E-state index contributed by atoms with van der Waals surface area (Å²) in [4.78, 5) is 67.9. The minimum absolute atomic E-state index is 0.0397. The summed E-state index contributed by atoms with van der Waals surface area (Å²) >= 11 is 7.08. The van der Waals surface area contributed by atoms with Crippen LogP contribution in [0.15, 0.2) is 158 Å². The first-order valence-corrected chi connectivity index (χ1v) is 21.7. The molecule has 1 aliphatic heterocycles. The van der Waals surface area contributed by atoms with Gasteiger partial charge in [0.2, 0.25) is 12.4 Å². The maximum atomic E-state index is 14.2. The van der Waals surface area contributed by atoms with Gasteiger partial charge in [-0.1, -0.05) is 114 Å². The normalized spacial score (nSPS) is 18.2. The minimum atomic E-state index is -1.66. The summed E-state index contributed by atoms with van der Waals surface area (Å²) in [6, 6.07) is 43.9. The molecule has 0 radical (unpaired) electrons. The molecule has 1 saturated heterocycles. The number of benzene rings is 6. The number of esters is 5. The summed E-state index contributed by atoms with van der Waals surface area (Å²) in [6.45, 7) is 4.86. The lowest BCUT2D eigenvalue weighted by atomic mass is 9.94. The maximum Gasteiger partial charge on any atom is 0.338 e. The van der Waals surface area contributed by atoms with Gasteiger partial charge in [0.25, 0.3) is 0 Å². The van der Waals surface area contributed by atoms with Gasteiger partial charge < -0.3 is 33.2 Å². The number of ether oxygens (including phenoxy) is 7. The highest BCUT2D eigenvalue weighted by Gasteiger charge is 2.56. The standard InChI is InChI=1S/C53H47ClO12/c1-33-24-26-36(27-25-33)30-42-43(54)31-37(28-29-60-35(3)55)32-44(42)62-53-48(65-52(59)41-22-14-7-15-23-41)47(64-51(58)40-20-12-6-13-21-40)46(63-50(57)39-18-10-5-11-19-39)45(66-53)34(2)61-49(56)38-16-8-4-9-17-38/h4-27,31-32,34,45-48,53H,28-30H2,1-3H3/t34-,45-,46-,47+,48-,53-/m1/s1. The predicted molar refractivity (Wildman–Crippen MR) is 243 cm³/mol. The van der Waals surface area contributed by atoms with E-state index in [0.29, 0.717) is 16.1 Å². The highest BCUT2D eigenvalue weighted by atomic mass is 35.5. The maximum absolute atomic E-state index is 14.2. The molecule has 1 fully saturated rings. The van der Waals surface area contributed by atoms with E-state index in [1.165, 1.54) is 38.1 Å². The van der Waals surface area contributed by atoms with Gasteiger partial charge in [-0.25, -0.2) is 19.2 Å². The molecule has 6 aromatic rings. The highest BCUT2D eigenvalue weighted by Crippen LogP contribution is 2.38. The number of carbonyl (C=O) groups is 5. The number of rotatable bonds is 16. The van der Waals surface area contributed by atoms with E-state index in [-0.39, 0.29) is 47.5 Å². The smallest absolute Gasteiger partial charge is 0.338 e. The van der Waals surface area contributed by atoms with Crippen LogP contribution in [0.1, 0.15) is 77.5 Å². The predicted octanol–water partition coefficient (Wildman–Crippen LogP) is 9.37. The number of aryl methyl sites for hydroxylation is 1. The third-order valence-electron chi connectivity index (χ3n) is 10.7. The Morgan fingerprint density at radius 3 is 1.56 bits per heavy atom. The minimum Gasteiger partial charge on any atom is -0.466 e. The SMILES string of the molecule is CC(=O)OCCc1cc(Cl)c(Cc2ccc(C)cc2)c(O[C@@H]2O[C@H]([C@@H](C)OC(=O)c3ccccc3)[C@@H](OC(=O)c3ccccc3)[C@H](OC(=O)c3ccccc3)[C@H]2OC(=O)c2ccccc2)c1. The summed E-state index contributed by atoms with van der Waals surface area (Å²) in [6.07, 6.45) is -8.71. The first kappa shape index (κ1) is 46.7. The summed E-state index contributed by atoms with van der Waals surface area (Å²) in [5.41, 5.74) is 3.74. The molecule has 12 nitrogen and oxygen atoms in total. The van der Waals surface area contributed by atoms with Gasteiger partial charge in [-0.2, -0.15) is 0 Å². The zero-order valence-electron chi connectivity index (χ0n) is 36.4. The Kier molecular flexibility index (Phi) is 15.6. The Morgan fingerprint density at radius 2 is 1.06 bits per heavy atom. The van der Waals surface area contributed by atoms with Crippen molar-refractivity contribution in [1.82, 2.24) is 0 Å². The molecule has 0 spiro atoms. The van der Waals surface area contributed by atoms with Crippen LogP contribution in [0, 0.1) is 6.92 Å². The monoisotopic (exact) mass is 910 g/mol. The van der Waals surface area contributed by atoms with E-state index in [4.69, 9.17) is 44.8 Å². The fourth-order valence-corrected chi connectivity index (χ4v) is 7.61. The van der Waals surface area contributed by atoms with E-state index in [9.17, 15) is 24.0 Å². The van der Waals surface area contributed by atoms with Crippen molar-refractivity contribution in [3.8, 4) is 5.75 Å². The van der Waals surface area contributed by atoms with Crippen LogP contribution in [0.25, 0.3) is 0 Å². The highest BCUT2D eigenvalue weighted by molar-refractivity contribution is 6.31. The van der Waals surface area contributed by atoms with Gasteiger partial charge in [0.05, 0.1) is 28.9 Å². The second-order valence-electron chi connectivity index (χ2n) is 15.6. The number of carbonyl (C=O) groups excluding carboxylic acids is 5. The molecule has 6 atom stereocenters. The fraction of sp³-hybridized carbons (Fsp3) is 0.226. The van der Waals surface area contributed by atoms with Crippen molar-refractivity contribution in [2.75, 3.05) is 6.61 Å². The van der Waals surface area contributed by atoms with Crippen LogP contribution in [0.5, 0.6) is 5.75 Å². The first-order chi connectivity index (χ1) is 31.9. The summed E-state index contributed by atoms with van der Waals surface area (Å²) < 4.78 is 43.7. The van der Waals surface area contributed by atoms with Crippen molar-refractivity contribution >= 4 is 41.4 Å². The lowest BCUT2D eigenvalue weighted by Crippen LogP contribution is -2.65. The molecule has 0 amide bonds. The topological polar surface area (TPSA) is 150 Å². The van der Waals surface area contributed by atoms with Gasteiger partial charge in [0, 0.05) is 30.4 Å². The number of hydrogen-bond donors (Lipinski definition) is 0. The lowest BCUT2D eigenvalue weighted by Gasteiger charge is -2.45. The zero-order chi connectivity index (χ0) is 46.6. The zero-order valence-corrected chi connectivity index (χ0v) is 37.1. The van der Waals surface area contributed by atoms with E-state index in [1.807, 2.05) is 31.2 Å². The lowest BCUT2D eigenvalue weighted by molar-refractivity contribution is -0.284. The molecule has 0 aromatic heterocycles. The molecule has 13 heteroatoms. The third kappa shape index (κ3) is 12.1. The second-order valence-corrected chi connectivity index (χ2v) is 16.0. The Bertz CT molecular complexity index is 2610. The molecule has 66 heavy (non-hydrogen) atoms. The quantitative estimate of drug-likeness (QED) is 0.0673. The third-order valence-corrected chi connectivity index (χ3v) is 11.0. The van der Waals surface area contributed by atoms with Gasteiger partial charge in [-0.3, -0.25) is 4.79 Å². The van der Waals surface area contributed by atoms with E-state index in [2.05, 4.69) is 0 Å². The molecule has 1 heterocycles. The van der Waals surface area contributed by atoms with Crippen molar-refractivity contribution in [3.05, 3.63) is 207 Å². The van der Waals surface area contributed by atoms with Crippen LogP contribution < -0.4 is 4.74 Å².